The number of hydrogen-bond acceptors (Lipinski definition) is 3. The maximum absolute atomic E-state index is 12.7. The maximum atomic E-state index is 12.7. The number of hydrogen-bond donors (Lipinski definition) is 1. The van der Waals surface area contributed by atoms with Gasteiger partial charge in [0.05, 0.1) is 6.54 Å². The predicted molar refractivity (Wildman–Crippen MR) is 96.3 cm³/mol. The van der Waals surface area contributed by atoms with E-state index in [1.165, 1.54) is 6.42 Å². The summed E-state index contributed by atoms with van der Waals surface area (Å²) in [5, 5.41) is 3.38. The van der Waals surface area contributed by atoms with E-state index in [1.54, 1.807) is 0 Å². The number of aryl methyl sites for hydroxylation is 2. The largest absolute Gasteiger partial charge is 0.465 e. The van der Waals surface area contributed by atoms with E-state index in [0.717, 1.165) is 47.7 Å². The standard InChI is InChI=1S/C20H26N2O2/c1-14-12-17(20(23)22-11-5-4-6-15(22)2)8-10-19(14)21-13-18-9-7-16(3)24-18/h7-10,12,15,21H,4-6,11,13H2,1-3H3/t15-/m1/s1. The van der Waals surface area contributed by atoms with Gasteiger partial charge in [-0.25, -0.2) is 0 Å². The number of carbonyl (C=O) groups is 1. The second-order valence-corrected chi connectivity index (χ2v) is 6.74. The van der Waals surface area contributed by atoms with E-state index in [4.69, 9.17) is 4.42 Å². The summed E-state index contributed by atoms with van der Waals surface area (Å²) >= 11 is 0. The Morgan fingerprint density at radius 3 is 2.75 bits per heavy atom. The van der Waals surface area contributed by atoms with E-state index in [2.05, 4.69) is 12.2 Å². The maximum Gasteiger partial charge on any atom is 0.254 e. The first kappa shape index (κ1) is 16.6. The van der Waals surface area contributed by atoms with Crippen LogP contribution in [0.5, 0.6) is 0 Å². The van der Waals surface area contributed by atoms with Crippen molar-refractivity contribution in [1.82, 2.24) is 4.90 Å². The summed E-state index contributed by atoms with van der Waals surface area (Å²) in [7, 11) is 0. The summed E-state index contributed by atoms with van der Waals surface area (Å²) in [4.78, 5) is 14.8. The smallest absolute Gasteiger partial charge is 0.254 e. The van der Waals surface area contributed by atoms with Gasteiger partial charge < -0.3 is 14.6 Å². The third kappa shape index (κ3) is 3.64. The molecule has 0 bridgehead atoms. The highest BCUT2D eigenvalue weighted by Gasteiger charge is 2.24. The van der Waals surface area contributed by atoms with Gasteiger partial charge in [0, 0.05) is 23.8 Å². The summed E-state index contributed by atoms with van der Waals surface area (Å²) in [6.07, 6.45) is 3.43. The Labute approximate surface area is 143 Å². The van der Waals surface area contributed by atoms with E-state index in [0.29, 0.717) is 12.6 Å². The fraction of sp³-hybridized carbons (Fsp3) is 0.450. The van der Waals surface area contributed by atoms with Crippen molar-refractivity contribution in [2.75, 3.05) is 11.9 Å². The average Bonchev–Trinajstić information content (AvgIpc) is 2.99. The number of benzene rings is 1. The molecule has 0 radical (unpaired) electrons. The molecule has 1 N–H and O–H groups in total. The van der Waals surface area contributed by atoms with Gasteiger partial charge in [0.2, 0.25) is 0 Å². The number of nitrogens with one attached hydrogen (secondary N) is 1. The molecule has 0 saturated carbocycles. The lowest BCUT2D eigenvalue weighted by molar-refractivity contribution is 0.0635. The van der Waals surface area contributed by atoms with Crippen LogP contribution in [0.3, 0.4) is 0 Å². The first-order chi connectivity index (χ1) is 11.5. The van der Waals surface area contributed by atoms with E-state index in [-0.39, 0.29) is 5.91 Å². The molecule has 1 atom stereocenters. The van der Waals surface area contributed by atoms with Gasteiger partial charge in [-0.15, -0.1) is 0 Å². The molecular weight excluding hydrogens is 300 g/mol. The van der Waals surface area contributed by atoms with Gasteiger partial charge in [-0.3, -0.25) is 4.79 Å². The van der Waals surface area contributed by atoms with Crippen LogP contribution in [0.2, 0.25) is 0 Å². The summed E-state index contributed by atoms with van der Waals surface area (Å²) in [6.45, 7) is 7.64. The summed E-state index contributed by atoms with van der Waals surface area (Å²) in [5.41, 5.74) is 2.89. The number of furan rings is 1. The molecule has 0 unspecified atom stereocenters. The molecule has 1 aromatic heterocycles. The van der Waals surface area contributed by atoms with E-state index < -0.39 is 0 Å². The van der Waals surface area contributed by atoms with E-state index in [1.807, 2.05) is 49.1 Å². The average molecular weight is 326 g/mol. The monoisotopic (exact) mass is 326 g/mol. The van der Waals surface area contributed by atoms with Crippen molar-refractivity contribution in [2.45, 2.75) is 52.6 Å². The van der Waals surface area contributed by atoms with Crippen LogP contribution in [0.25, 0.3) is 0 Å². The van der Waals surface area contributed by atoms with E-state index in [9.17, 15) is 4.79 Å². The number of carbonyl (C=O) groups excluding carboxylic acids is 1. The molecule has 0 spiro atoms. The summed E-state index contributed by atoms with van der Waals surface area (Å²) in [6, 6.07) is 10.2. The van der Waals surface area contributed by atoms with Crippen LogP contribution >= 0.6 is 0 Å². The Hall–Kier alpha value is -2.23. The molecule has 1 saturated heterocycles. The highest BCUT2D eigenvalue weighted by Crippen LogP contribution is 2.22. The second-order valence-electron chi connectivity index (χ2n) is 6.74. The van der Waals surface area contributed by atoms with E-state index >= 15 is 0 Å². The van der Waals surface area contributed by atoms with Gasteiger partial charge in [-0.1, -0.05) is 0 Å². The molecule has 2 aromatic rings. The minimum atomic E-state index is 0.151. The van der Waals surface area contributed by atoms with Gasteiger partial charge in [0.15, 0.2) is 0 Å². The lowest BCUT2D eigenvalue weighted by Gasteiger charge is -2.33. The van der Waals surface area contributed by atoms with Crippen molar-refractivity contribution < 1.29 is 9.21 Å². The van der Waals surface area contributed by atoms with Crippen molar-refractivity contribution in [1.29, 1.82) is 0 Å². The van der Waals surface area contributed by atoms with Crippen molar-refractivity contribution in [3.63, 3.8) is 0 Å². The van der Waals surface area contributed by atoms with Crippen molar-refractivity contribution in [2.24, 2.45) is 0 Å². The Bertz CT molecular complexity index is 720. The van der Waals surface area contributed by atoms with Crippen LogP contribution in [-0.4, -0.2) is 23.4 Å². The third-order valence-electron chi connectivity index (χ3n) is 4.79. The summed E-state index contributed by atoms with van der Waals surface area (Å²) in [5.74, 6) is 1.98. The zero-order chi connectivity index (χ0) is 17.1. The first-order valence-corrected chi connectivity index (χ1v) is 8.75. The molecule has 4 nitrogen and oxygen atoms in total. The Kier molecular flexibility index (Phi) is 4.93. The molecule has 4 heteroatoms. The highest BCUT2D eigenvalue weighted by molar-refractivity contribution is 5.95. The lowest BCUT2D eigenvalue weighted by atomic mass is 10.0. The van der Waals surface area contributed by atoms with Gasteiger partial charge in [-0.05, 0) is 75.9 Å². The van der Waals surface area contributed by atoms with Crippen LogP contribution in [0.4, 0.5) is 5.69 Å². The number of amides is 1. The van der Waals surface area contributed by atoms with Crippen LogP contribution < -0.4 is 5.32 Å². The number of rotatable bonds is 4. The van der Waals surface area contributed by atoms with Crippen molar-refractivity contribution >= 4 is 11.6 Å². The van der Waals surface area contributed by atoms with Crippen molar-refractivity contribution in [3.8, 4) is 0 Å². The van der Waals surface area contributed by atoms with Crippen molar-refractivity contribution in [3.05, 3.63) is 53.0 Å². The summed E-state index contributed by atoms with van der Waals surface area (Å²) < 4.78 is 5.57. The highest BCUT2D eigenvalue weighted by atomic mass is 16.3. The minimum absolute atomic E-state index is 0.151. The van der Waals surface area contributed by atoms with Crippen LogP contribution in [0.15, 0.2) is 34.7 Å². The quantitative estimate of drug-likeness (QED) is 0.898. The number of nitrogens with zero attached hydrogens (tertiary/aromatic N) is 1. The molecular formula is C20H26N2O2. The molecule has 24 heavy (non-hydrogen) atoms. The van der Waals surface area contributed by atoms with Crippen LogP contribution in [0.1, 0.15) is 53.6 Å². The van der Waals surface area contributed by atoms with Gasteiger partial charge >= 0.3 is 0 Å². The fourth-order valence-electron chi connectivity index (χ4n) is 3.32. The van der Waals surface area contributed by atoms with Gasteiger partial charge in [0.1, 0.15) is 11.5 Å². The zero-order valence-electron chi connectivity index (χ0n) is 14.8. The molecule has 1 aliphatic heterocycles. The number of anilines is 1. The van der Waals surface area contributed by atoms with Gasteiger partial charge in [-0.2, -0.15) is 0 Å². The molecule has 1 amide bonds. The second kappa shape index (κ2) is 7.12. The Balaban J connectivity index is 1.68. The normalized spacial score (nSPS) is 17.8. The fourth-order valence-corrected chi connectivity index (χ4v) is 3.32. The van der Waals surface area contributed by atoms with Gasteiger partial charge in [0.25, 0.3) is 5.91 Å². The zero-order valence-corrected chi connectivity index (χ0v) is 14.8. The topological polar surface area (TPSA) is 45.5 Å². The predicted octanol–water partition coefficient (Wildman–Crippen LogP) is 4.52. The van der Waals surface area contributed by atoms with Crippen LogP contribution in [-0.2, 0) is 6.54 Å². The number of piperidine rings is 1. The molecule has 1 aromatic carbocycles. The molecule has 2 heterocycles. The van der Waals surface area contributed by atoms with Crippen LogP contribution in [0, 0.1) is 13.8 Å². The minimum Gasteiger partial charge on any atom is -0.465 e. The third-order valence-corrected chi connectivity index (χ3v) is 4.79. The molecule has 3 rings (SSSR count). The first-order valence-electron chi connectivity index (χ1n) is 8.75. The lowest BCUT2D eigenvalue weighted by Crippen LogP contribution is -2.42. The molecule has 1 aliphatic rings. The Morgan fingerprint density at radius 1 is 1.25 bits per heavy atom. The molecule has 0 aliphatic carbocycles. The molecule has 1 fully saturated rings. The molecule has 128 valence electrons. The number of likely N-dealkylation sites (tertiary alicyclic amines) is 1. The SMILES string of the molecule is Cc1ccc(CNc2ccc(C(=O)N3CCCC[C@H]3C)cc2C)o1. The Morgan fingerprint density at radius 2 is 2.08 bits per heavy atom.